The lowest BCUT2D eigenvalue weighted by atomic mass is 10.2. The molecule has 36 heavy (non-hydrogen) atoms. The number of ether oxygens (including phenoxy) is 1. The van der Waals surface area contributed by atoms with Gasteiger partial charge in [0, 0.05) is 22.5 Å². The summed E-state index contributed by atoms with van der Waals surface area (Å²) in [4.78, 5) is 8.88. The predicted octanol–water partition coefficient (Wildman–Crippen LogP) is 6.49. The van der Waals surface area contributed by atoms with Gasteiger partial charge < -0.3 is 10.1 Å². The summed E-state index contributed by atoms with van der Waals surface area (Å²) in [5.41, 5.74) is 4.62. The molecule has 6 aromatic rings. The minimum Gasteiger partial charge on any atom is -0.489 e. The first-order valence-electron chi connectivity index (χ1n) is 11.6. The molecule has 6 nitrogen and oxygen atoms in total. The Balaban J connectivity index is 1.21. The molecule has 1 N–H and O–H groups in total. The van der Waals surface area contributed by atoms with Crippen molar-refractivity contribution in [3.63, 3.8) is 0 Å². The van der Waals surface area contributed by atoms with Gasteiger partial charge in [-0.05, 0) is 53.6 Å². The summed E-state index contributed by atoms with van der Waals surface area (Å²) < 4.78 is 21.4. The molecular weight excluding hydrogens is 453 g/mol. The van der Waals surface area contributed by atoms with Crippen LogP contribution in [0.3, 0.4) is 0 Å². The normalized spacial score (nSPS) is 11.1. The molecule has 0 aliphatic carbocycles. The van der Waals surface area contributed by atoms with E-state index < -0.39 is 0 Å². The molecule has 4 aromatic carbocycles. The number of rotatable bonds is 7. The van der Waals surface area contributed by atoms with Gasteiger partial charge >= 0.3 is 0 Å². The quantitative estimate of drug-likeness (QED) is 0.286. The zero-order chi connectivity index (χ0) is 24.3. The highest BCUT2D eigenvalue weighted by Gasteiger charge is 2.09. The number of nitrogens with one attached hydrogen (secondary N) is 1. The highest BCUT2D eigenvalue weighted by molar-refractivity contribution is 5.92. The Bertz CT molecular complexity index is 1670. The molecule has 176 valence electrons. The maximum atomic E-state index is 13.6. The lowest BCUT2D eigenvalue weighted by molar-refractivity contribution is 0.306. The van der Waals surface area contributed by atoms with Crippen molar-refractivity contribution in [2.75, 3.05) is 5.32 Å². The Kier molecular flexibility index (Phi) is 5.71. The fourth-order valence-corrected chi connectivity index (χ4v) is 4.20. The second-order valence-corrected chi connectivity index (χ2v) is 8.51. The fraction of sp³-hybridized carbons (Fsp3) is 0.0690. The van der Waals surface area contributed by atoms with Crippen molar-refractivity contribution in [3.05, 3.63) is 120 Å². The van der Waals surface area contributed by atoms with Gasteiger partial charge in [-0.2, -0.15) is 5.10 Å². The number of aromatic nitrogens is 4. The average Bonchev–Trinajstić information content (AvgIpc) is 3.30. The van der Waals surface area contributed by atoms with E-state index in [0.29, 0.717) is 19.0 Å². The molecule has 0 saturated carbocycles. The van der Waals surface area contributed by atoms with E-state index in [-0.39, 0.29) is 5.82 Å². The molecule has 0 unspecified atom stereocenters. The molecule has 6 rings (SSSR count). The zero-order valence-corrected chi connectivity index (χ0v) is 19.3. The number of benzene rings is 4. The molecule has 2 aromatic heterocycles. The summed E-state index contributed by atoms with van der Waals surface area (Å²) in [6.45, 7) is 0.995. The third kappa shape index (κ3) is 4.59. The highest BCUT2D eigenvalue weighted by Crippen LogP contribution is 2.28. The number of nitrogens with zero attached hydrogens (tertiary/aromatic N) is 4. The first-order chi connectivity index (χ1) is 17.7. The molecule has 0 fully saturated rings. The Morgan fingerprint density at radius 2 is 1.72 bits per heavy atom. The van der Waals surface area contributed by atoms with Crippen LogP contribution in [0, 0.1) is 5.82 Å². The first kappa shape index (κ1) is 21.7. The smallest absolute Gasteiger partial charge is 0.141 e. The molecule has 0 saturated heterocycles. The maximum Gasteiger partial charge on any atom is 0.141 e. The second kappa shape index (κ2) is 9.46. The third-order valence-electron chi connectivity index (χ3n) is 5.98. The number of anilines is 2. The van der Waals surface area contributed by atoms with Gasteiger partial charge in [0.2, 0.25) is 0 Å². The van der Waals surface area contributed by atoms with Gasteiger partial charge in [-0.3, -0.25) is 4.68 Å². The lowest BCUT2D eigenvalue weighted by Gasteiger charge is -2.11. The van der Waals surface area contributed by atoms with E-state index >= 15 is 0 Å². The van der Waals surface area contributed by atoms with Crippen LogP contribution in [-0.4, -0.2) is 19.7 Å². The molecule has 2 heterocycles. The summed E-state index contributed by atoms with van der Waals surface area (Å²) in [6, 6.07) is 28.5. The molecule has 0 aliphatic rings. The first-order valence-corrected chi connectivity index (χ1v) is 11.6. The largest absolute Gasteiger partial charge is 0.489 e. The van der Waals surface area contributed by atoms with Crippen molar-refractivity contribution in [2.24, 2.45) is 0 Å². The van der Waals surface area contributed by atoms with Crippen LogP contribution in [0.1, 0.15) is 11.1 Å². The number of hydrogen-bond acceptors (Lipinski definition) is 5. The minimum atomic E-state index is -0.248. The van der Waals surface area contributed by atoms with Gasteiger partial charge in [0.25, 0.3) is 0 Å². The molecule has 0 spiro atoms. The molecule has 0 aliphatic heterocycles. The van der Waals surface area contributed by atoms with E-state index in [1.165, 1.54) is 12.1 Å². The second-order valence-electron chi connectivity index (χ2n) is 8.51. The number of fused-ring (bicyclic) bond motifs is 2. The van der Waals surface area contributed by atoms with E-state index in [4.69, 9.17) is 4.74 Å². The average molecular weight is 476 g/mol. The monoisotopic (exact) mass is 475 g/mol. The molecule has 0 radical (unpaired) electrons. The van der Waals surface area contributed by atoms with Crippen LogP contribution in [0.5, 0.6) is 5.75 Å². The van der Waals surface area contributed by atoms with Crippen molar-refractivity contribution in [2.45, 2.75) is 13.2 Å². The topological polar surface area (TPSA) is 64.9 Å². The van der Waals surface area contributed by atoms with Gasteiger partial charge in [0.1, 0.15) is 30.3 Å². The van der Waals surface area contributed by atoms with E-state index in [9.17, 15) is 4.39 Å². The van der Waals surface area contributed by atoms with Crippen molar-refractivity contribution < 1.29 is 9.13 Å². The Labute approximate surface area is 207 Å². The van der Waals surface area contributed by atoms with Crippen LogP contribution < -0.4 is 10.1 Å². The highest BCUT2D eigenvalue weighted by atomic mass is 19.1. The van der Waals surface area contributed by atoms with Crippen LogP contribution in [0.2, 0.25) is 0 Å². The van der Waals surface area contributed by atoms with E-state index in [0.717, 1.165) is 44.4 Å². The fourth-order valence-electron chi connectivity index (χ4n) is 4.20. The van der Waals surface area contributed by atoms with Crippen molar-refractivity contribution in [1.82, 2.24) is 19.7 Å². The lowest BCUT2D eigenvalue weighted by Crippen LogP contribution is -2.01. The van der Waals surface area contributed by atoms with Gasteiger partial charge in [-0.1, -0.05) is 42.5 Å². The van der Waals surface area contributed by atoms with Crippen molar-refractivity contribution in [3.8, 4) is 5.75 Å². The maximum absolute atomic E-state index is 13.6. The summed E-state index contributed by atoms with van der Waals surface area (Å²) in [7, 11) is 0. The number of hydrogen-bond donors (Lipinski definition) is 1. The van der Waals surface area contributed by atoms with Crippen molar-refractivity contribution >= 4 is 33.3 Å². The van der Waals surface area contributed by atoms with Crippen LogP contribution in [0.15, 0.2) is 104 Å². The van der Waals surface area contributed by atoms with Gasteiger partial charge in [-0.15, -0.1) is 0 Å². The van der Waals surface area contributed by atoms with Gasteiger partial charge in [0.05, 0.1) is 23.8 Å². The SMILES string of the molecule is Fc1cccc(Cn2ncc3cc(Nc4ncnc5cc(OCc6ccccc6)ccc45)ccc32)c1. The molecule has 0 bridgehead atoms. The van der Waals surface area contributed by atoms with Crippen molar-refractivity contribution in [1.29, 1.82) is 0 Å². The summed E-state index contributed by atoms with van der Waals surface area (Å²) in [5, 5.41) is 9.77. The van der Waals surface area contributed by atoms with Gasteiger partial charge in [-0.25, -0.2) is 14.4 Å². The Morgan fingerprint density at radius 3 is 2.61 bits per heavy atom. The van der Waals surface area contributed by atoms with E-state index in [1.54, 1.807) is 12.4 Å². The third-order valence-corrected chi connectivity index (χ3v) is 5.98. The molecule has 0 amide bonds. The Hall–Kier alpha value is -4.78. The Morgan fingerprint density at radius 1 is 0.833 bits per heavy atom. The molecule has 0 atom stereocenters. The van der Waals surface area contributed by atoms with E-state index in [2.05, 4.69) is 20.4 Å². The van der Waals surface area contributed by atoms with Crippen LogP contribution >= 0.6 is 0 Å². The molecule has 7 heteroatoms. The molecular formula is C29H22FN5O. The summed E-state index contributed by atoms with van der Waals surface area (Å²) in [6.07, 6.45) is 3.36. The number of halogens is 1. The predicted molar refractivity (Wildman–Crippen MR) is 139 cm³/mol. The summed E-state index contributed by atoms with van der Waals surface area (Å²) in [5.74, 6) is 1.21. The van der Waals surface area contributed by atoms with Gasteiger partial charge in [0.15, 0.2) is 0 Å². The minimum absolute atomic E-state index is 0.248. The standard InChI is InChI=1S/C29H22FN5O/c30-23-8-4-7-21(13-23)17-35-28-12-9-24(14-22(28)16-33-35)34-29-26-11-10-25(15-27(26)31-19-32-29)36-18-20-5-2-1-3-6-20/h1-16,19H,17-18H2,(H,31,32,34). The summed E-state index contributed by atoms with van der Waals surface area (Å²) >= 11 is 0. The zero-order valence-electron chi connectivity index (χ0n) is 19.3. The van der Waals surface area contributed by atoms with Crippen LogP contribution in [0.4, 0.5) is 15.9 Å². The van der Waals surface area contributed by atoms with E-state index in [1.807, 2.05) is 83.7 Å². The van der Waals surface area contributed by atoms with Crippen LogP contribution in [0.25, 0.3) is 21.8 Å². The van der Waals surface area contributed by atoms with Crippen LogP contribution in [-0.2, 0) is 13.2 Å².